The molecule has 0 radical (unpaired) electrons. The Bertz CT molecular complexity index is 3530. The number of nitrogens with zero attached hydrogens (tertiary/aromatic N) is 2. The van der Waals surface area contributed by atoms with Gasteiger partial charge in [0.15, 0.2) is 0 Å². The van der Waals surface area contributed by atoms with E-state index in [1.165, 1.54) is 122 Å². The van der Waals surface area contributed by atoms with Crippen LogP contribution in [0.3, 0.4) is 0 Å². The number of para-hydroxylation sites is 2. The number of rotatable bonds is 5. The highest BCUT2D eigenvalue weighted by Crippen LogP contribution is 2.52. The molecule has 0 saturated carbocycles. The molecule has 10 aromatic rings. The second-order valence-electron chi connectivity index (χ2n) is 19.0. The maximum atomic E-state index is 2.56. The van der Waals surface area contributed by atoms with Gasteiger partial charge in [-0.1, -0.05) is 166 Å². The van der Waals surface area contributed by atoms with E-state index in [1.54, 1.807) is 0 Å². The number of hydrogen-bond acceptors (Lipinski definition) is 2. The van der Waals surface area contributed by atoms with Crippen molar-refractivity contribution in [3.8, 4) is 44.5 Å². The van der Waals surface area contributed by atoms with Crippen LogP contribution < -0.4 is 9.80 Å². The lowest BCUT2D eigenvalue weighted by Crippen LogP contribution is -2.24. The lowest BCUT2D eigenvalue weighted by molar-refractivity contribution is 0.660. The molecule has 1 aliphatic carbocycles. The van der Waals surface area contributed by atoms with Crippen LogP contribution in [0.2, 0.25) is 0 Å². The van der Waals surface area contributed by atoms with Crippen LogP contribution in [0, 0.1) is 0 Å². The lowest BCUT2D eigenvalue weighted by atomic mass is 9.80. The van der Waals surface area contributed by atoms with Gasteiger partial charge in [-0.25, -0.2) is 0 Å². The fourth-order valence-corrected chi connectivity index (χ4v) is 11.9. The zero-order valence-corrected chi connectivity index (χ0v) is 37.1. The van der Waals surface area contributed by atoms with Crippen LogP contribution in [0.4, 0.5) is 22.7 Å². The molecule has 0 fully saturated rings. The van der Waals surface area contributed by atoms with E-state index in [0.717, 1.165) is 38.8 Å². The van der Waals surface area contributed by atoms with E-state index < -0.39 is 0 Å². The standard InChI is InChI=1S/C63H50N2/c1-63(2)57-23-8-7-21-51(57)52-33-30-46(38-58(52)63)62-54-35-32-47(64-36-12-18-43-15-4-9-24-59(43)64)39-55(54)61(45-28-26-42(27-29-45)50-22-11-17-41-14-3-6-20-49(41)50)53-34-31-48(40-56(53)62)65-37-13-19-44-16-5-10-25-60(44)65/h3-11,14-17,20-35,38-40H,12-13,18-19,36-37H2,1-2H3. The Kier molecular flexibility index (Phi) is 8.68. The maximum absolute atomic E-state index is 2.56. The monoisotopic (exact) mass is 834 g/mol. The van der Waals surface area contributed by atoms with Crippen molar-refractivity contribution in [1.82, 2.24) is 0 Å². The van der Waals surface area contributed by atoms with Crippen molar-refractivity contribution >= 4 is 55.1 Å². The van der Waals surface area contributed by atoms with Gasteiger partial charge >= 0.3 is 0 Å². The number of hydrogen-bond donors (Lipinski definition) is 0. The summed E-state index contributed by atoms with van der Waals surface area (Å²) in [5.74, 6) is 0. The molecule has 0 amide bonds. The first-order valence-electron chi connectivity index (χ1n) is 23.6. The molecule has 312 valence electrons. The predicted octanol–water partition coefficient (Wildman–Crippen LogP) is 16.6. The number of fused-ring (bicyclic) bond motifs is 8. The van der Waals surface area contributed by atoms with Crippen LogP contribution in [-0.2, 0) is 18.3 Å². The molecule has 2 heterocycles. The van der Waals surface area contributed by atoms with Gasteiger partial charge in [-0.05, 0) is 167 Å². The highest BCUT2D eigenvalue weighted by molar-refractivity contribution is 6.23. The van der Waals surface area contributed by atoms with Crippen LogP contribution in [0.25, 0.3) is 76.8 Å². The molecular weight excluding hydrogens is 785 g/mol. The van der Waals surface area contributed by atoms with Gasteiger partial charge in [-0.2, -0.15) is 0 Å². The van der Waals surface area contributed by atoms with E-state index in [-0.39, 0.29) is 5.41 Å². The molecule has 0 bridgehead atoms. The maximum Gasteiger partial charge on any atom is 0.0443 e. The van der Waals surface area contributed by atoms with E-state index >= 15 is 0 Å². The summed E-state index contributed by atoms with van der Waals surface area (Å²) in [6.45, 7) is 6.80. The molecule has 2 heteroatoms. The minimum Gasteiger partial charge on any atom is -0.341 e. The average Bonchev–Trinajstić information content (AvgIpc) is 3.59. The van der Waals surface area contributed by atoms with Crippen LogP contribution in [0.5, 0.6) is 0 Å². The fraction of sp³-hybridized carbons (Fsp3) is 0.143. The molecule has 0 saturated heterocycles. The number of anilines is 4. The van der Waals surface area contributed by atoms with Crippen LogP contribution >= 0.6 is 0 Å². The van der Waals surface area contributed by atoms with Crippen LogP contribution in [0.15, 0.2) is 194 Å². The van der Waals surface area contributed by atoms with E-state index in [0.29, 0.717) is 0 Å². The third-order valence-electron chi connectivity index (χ3n) is 15.1. The zero-order valence-electron chi connectivity index (χ0n) is 37.1. The summed E-state index contributed by atoms with van der Waals surface area (Å²) in [6, 6.07) is 73.8. The smallest absolute Gasteiger partial charge is 0.0443 e. The van der Waals surface area contributed by atoms with Crippen molar-refractivity contribution in [2.45, 2.75) is 44.9 Å². The van der Waals surface area contributed by atoms with Crippen molar-refractivity contribution in [3.63, 3.8) is 0 Å². The van der Waals surface area contributed by atoms with E-state index in [2.05, 4.69) is 218 Å². The largest absolute Gasteiger partial charge is 0.341 e. The first-order chi connectivity index (χ1) is 32.0. The van der Waals surface area contributed by atoms with Crippen molar-refractivity contribution in [2.75, 3.05) is 22.9 Å². The Balaban J connectivity index is 1.09. The molecule has 13 rings (SSSR count). The van der Waals surface area contributed by atoms with Crippen molar-refractivity contribution < 1.29 is 0 Å². The molecular formula is C63H50N2. The highest BCUT2D eigenvalue weighted by atomic mass is 15.1. The number of aryl methyl sites for hydroxylation is 2. The van der Waals surface area contributed by atoms with E-state index in [1.807, 2.05) is 0 Å². The summed E-state index contributed by atoms with van der Waals surface area (Å²) < 4.78 is 0. The molecule has 0 atom stereocenters. The second-order valence-corrected chi connectivity index (χ2v) is 19.0. The summed E-state index contributed by atoms with van der Waals surface area (Å²) in [7, 11) is 0. The quantitative estimate of drug-likeness (QED) is 0.159. The Labute approximate surface area is 382 Å². The summed E-state index contributed by atoms with van der Waals surface area (Å²) in [5, 5.41) is 7.67. The van der Waals surface area contributed by atoms with Gasteiger partial charge in [0.05, 0.1) is 0 Å². The third kappa shape index (κ3) is 6.00. The van der Waals surface area contributed by atoms with E-state index in [4.69, 9.17) is 0 Å². The molecule has 0 unspecified atom stereocenters. The van der Waals surface area contributed by atoms with Gasteiger partial charge < -0.3 is 9.80 Å². The molecule has 0 spiro atoms. The number of benzene rings is 10. The predicted molar refractivity (Wildman–Crippen MR) is 276 cm³/mol. The molecule has 2 nitrogen and oxygen atoms in total. The fourth-order valence-electron chi connectivity index (χ4n) is 11.9. The average molecular weight is 835 g/mol. The molecule has 2 aliphatic heterocycles. The minimum atomic E-state index is -0.114. The van der Waals surface area contributed by atoms with Crippen LogP contribution in [0.1, 0.15) is 48.9 Å². The molecule has 3 aliphatic rings. The first-order valence-corrected chi connectivity index (χ1v) is 23.6. The van der Waals surface area contributed by atoms with Gasteiger partial charge in [-0.15, -0.1) is 0 Å². The summed E-state index contributed by atoms with van der Waals surface area (Å²) >= 11 is 0. The molecule has 0 N–H and O–H groups in total. The topological polar surface area (TPSA) is 6.48 Å². The van der Waals surface area contributed by atoms with Gasteiger partial charge in [-0.3, -0.25) is 0 Å². The van der Waals surface area contributed by atoms with Gasteiger partial charge in [0.25, 0.3) is 0 Å². The summed E-state index contributed by atoms with van der Waals surface area (Å²) in [6.07, 6.45) is 4.50. The third-order valence-corrected chi connectivity index (χ3v) is 15.1. The molecule has 65 heavy (non-hydrogen) atoms. The first kappa shape index (κ1) is 38.1. The van der Waals surface area contributed by atoms with Gasteiger partial charge in [0.1, 0.15) is 0 Å². The molecule has 0 aromatic heterocycles. The van der Waals surface area contributed by atoms with Crippen molar-refractivity contribution in [2.24, 2.45) is 0 Å². The van der Waals surface area contributed by atoms with Crippen molar-refractivity contribution in [3.05, 3.63) is 216 Å². The van der Waals surface area contributed by atoms with Gasteiger partial charge in [0, 0.05) is 41.3 Å². The Hall–Kier alpha value is -7.42. The van der Waals surface area contributed by atoms with Crippen LogP contribution in [-0.4, -0.2) is 13.1 Å². The lowest BCUT2D eigenvalue weighted by Gasteiger charge is -2.32. The SMILES string of the molecule is CC1(C)c2ccccc2-c2ccc(-c3c4ccc(N5CCCc6ccccc65)cc4c(-c4ccc(-c5cccc6ccccc56)cc4)c4ccc(N5CCCc6ccccc65)cc34)cc21. The Morgan fingerprint density at radius 1 is 0.369 bits per heavy atom. The normalized spacial score (nSPS) is 14.9. The van der Waals surface area contributed by atoms with E-state index in [9.17, 15) is 0 Å². The second kappa shape index (κ2) is 14.8. The highest BCUT2D eigenvalue weighted by Gasteiger charge is 2.36. The van der Waals surface area contributed by atoms with Crippen molar-refractivity contribution in [1.29, 1.82) is 0 Å². The Morgan fingerprint density at radius 2 is 0.892 bits per heavy atom. The summed E-state index contributed by atoms with van der Waals surface area (Å²) in [5.41, 5.74) is 21.0. The summed E-state index contributed by atoms with van der Waals surface area (Å²) in [4.78, 5) is 5.12. The minimum absolute atomic E-state index is 0.114. The zero-order chi connectivity index (χ0) is 43.2. The Morgan fingerprint density at radius 3 is 1.58 bits per heavy atom. The van der Waals surface area contributed by atoms with Gasteiger partial charge in [0.2, 0.25) is 0 Å². The molecule has 10 aromatic carbocycles.